The van der Waals surface area contributed by atoms with E-state index in [0.29, 0.717) is 69.7 Å². The average Bonchev–Trinajstić information content (AvgIpc) is 2.93. The smallest absolute Gasteiger partial charge is 0.255 e. The summed E-state index contributed by atoms with van der Waals surface area (Å²) in [5.74, 6) is 0.589. The first kappa shape index (κ1) is 32.2. The molecule has 0 unspecified atom stereocenters. The lowest BCUT2D eigenvalue weighted by Gasteiger charge is -2.16. The molecule has 2 amide bonds. The van der Waals surface area contributed by atoms with E-state index in [9.17, 15) is 9.59 Å². The van der Waals surface area contributed by atoms with Crippen molar-refractivity contribution in [2.45, 2.75) is 26.7 Å². The van der Waals surface area contributed by atoms with Crippen molar-refractivity contribution in [2.24, 2.45) is 0 Å². The molecule has 0 radical (unpaired) electrons. The van der Waals surface area contributed by atoms with Gasteiger partial charge in [0.15, 0.2) is 0 Å². The quantitative estimate of drug-likeness (QED) is 0.161. The van der Waals surface area contributed by atoms with Gasteiger partial charge in [0.1, 0.15) is 11.5 Å². The number of ether oxygens (including phenoxy) is 2. The summed E-state index contributed by atoms with van der Waals surface area (Å²) in [4.78, 5) is 30.7. The van der Waals surface area contributed by atoms with Crippen LogP contribution in [0.5, 0.6) is 11.5 Å². The second kappa shape index (κ2) is 15.1. The maximum Gasteiger partial charge on any atom is 0.255 e. The summed E-state index contributed by atoms with van der Waals surface area (Å²) in [5, 5.41) is 5.77. The van der Waals surface area contributed by atoms with Crippen molar-refractivity contribution in [1.82, 2.24) is 9.80 Å². The summed E-state index contributed by atoms with van der Waals surface area (Å²) in [6.07, 6.45) is 1.75. The van der Waals surface area contributed by atoms with Crippen LogP contribution >= 0.6 is 0 Å². The van der Waals surface area contributed by atoms with Gasteiger partial charge in [-0.1, -0.05) is 0 Å². The van der Waals surface area contributed by atoms with E-state index in [1.165, 1.54) is 0 Å². The molecule has 6 N–H and O–H groups in total. The van der Waals surface area contributed by atoms with Crippen LogP contribution in [0, 0.1) is 13.8 Å². The minimum Gasteiger partial charge on any atom is -0.493 e. The Kier molecular flexibility index (Phi) is 11.6. The van der Waals surface area contributed by atoms with Gasteiger partial charge in [-0.25, -0.2) is 0 Å². The fourth-order valence-corrected chi connectivity index (χ4v) is 4.29. The van der Waals surface area contributed by atoms with E-state index in [2.05, 4.69) is 20.4 Å². The summed E-state index contributed by atoms with van der Waals surface area (Å²) < 4.78 is 11.7. The van der Waals surface area contributed by atoms with Gasteiger partial charge in [-0.15, -0.1) is 0 Å². The first-order valence-corrected chi connectivity index (χ1v) is 14.0. The highest BCUT2D eigenvalue weighted by atomic mass is 16.5. The second-order valence-corrected chi connectivity index (χ2v) is 10.9. The molecule has 0 aromatic heterocycles. The zero-order chi connectivity index (χ0) is 30.8. The highest BCUT2D eigenvalue weighted by Crippen LogP contribution is 2.28. The minimum absolute atomic E-state index is 0.331. The number of rotatable bonds is 14. The summed E-state index contributed by atoms with van der Waals surface area (Å²) in [6, 6.07) is 13.8. The van der Waals surface area contributed by atoms with Crippen LogP contribution in [0.25, 0.3) is 0 Å². The molecular formula is C32H44N6O4. The van der Waals surface area contributed by atoms with Crippen molar-refractivity contribution in [3.05, 3.63) is 70.8 Å². The molecule has 0 bridgehead atoms. The molecule has 226 valence electrons. The van der Waals surface area contributed by atoms with Crippen molar-refractivity contribution in [3.63, 3.8) is 0 Å². The van der Waals surface area contributed by atoms with Gasteiger partial charge in [0, 0.05) is 36.3 Å². The predicted molar refractivity (Wildman–Crippen MR) is 171 cm³/mol. The number of nitrogens with two attached hydrogens (primary N) is 2. The van der Waals surface area contributed by atoms with Gasteiger partial charge in [0.2, 0.25) is 0 Å². The largest absolute Gasteiger partial charge is 0.493 e. The Bertz CT molecular complexity index is 1280. The first-order valence-electron chi connectivity index (χ1n) is 14.0. The van der Waals surface area contributed by atoms with Gasteiger partial charge in [-0.05, 0) is 102 Å². The number of nitrogen functional groups attached to an aromatic ring is 2. The summed E-state index contributed by atoms with van der Waals surface area (Å²) >= 11 is 0. The summed E-state index contributed by atoms with van der Waals surface area (Å²) in [6.45, 7) is 6.51. The number of hydrogen-bond acceptors (Lipinski definition) is 8. The number of carbonyl (C=O) groups excluding carboxylic acids is 2. The number of aryl methyl sites for hydroxylation is 2. The maximum absolute atomic E-state index is 13.2. The molecule has 0 fully saturated rings. The van der Waals surface area contributed by atoms with E-state index < -0.39 is 0 Å². The Balaban J connectivity index is 1.69. The van der Waals surface area contributed by atoms with E-state index in [1.807, 2.05) is 28.2 Å². The SMILES string of the molecule is Cc1cc(C(=O)Nc2cc(OCCCN(C)C)ccc2N)c(C)cc1C(=O)Nc1cc(OCCCN(C)C)ccc1N. The van der Waals surface area contributed by atoms with Gasteiger partial charge in [0.05, 0.1) is 36.0 Å². The summed E-state index contributed by atoms with van der Waals surface area (Å²) in [7, 11) is 8.05. The lowest BCUT2D eigenvalue weighted by atomic mass is 9.98. The molecule has 10 heteroatoms. The van der Waals surface area contributed by atoms with E-state index in [0.717, 1.165) is 25.9 Å². The molecule has 10 nitrogen and oxygen atoms in total. The molecule has 3 aromatic carbocycles. The third-order valence-corrected chi connectivity index (χ3v) is 6.64. The normalized spacial score (nSPS) is 11.0. The van der Waals surface area contributed by atoms with Crippen LogP contribution in [0.2, 0.25) is 0 Å². The Hall–Kier alpha value is -4.28. The van der Waals surface area contributed by atoms with Gasteiger partial charge < -0.3 is 41.4 Å². The molecule has 42 heavy (non-hydrogen) atoms. The number of nitrogens with zero attached hydrogens (tertiary/aromatic N) is 2. The van der Waals surface area contributed by atoms with Crippen LogP contribution < -0.4 is 31.6 Å². The lowest BCUT2D eigenvalue weighted by molar-refractivity contribution is 0.101. The third-order valence-electron chi connectivity index (χ3n) is 6.64. The zero-order valence-electron chi connectivity index (χ0n) is 25.5. The Morgan fingerprint density at radius 3 is 1.40 bits per heavy atom. The Morgan fingerprint density at radius 2 is 1.05 bits per heavy atom. The van der Waals surface area contributed by atoms with Gasteiger partial charge in [0.25, 0.3) is 11.8 Å². The molecule has 0 spiro atoms. The number of hydrogen-bond donors (Lipinski definition) is 4. The number of carbonyl (C=O) groups is 2. The molecule has 0 atom stereocenters. The van der Waals surface area contributed by atoms with Crippen LogP contribution in [0.4, 0.5) is 22.7 Å². The van der Waals surface area contributed by atoms with Gasteiger partial charge >= 0.3 is 0 Å². The van der Waals surface area contributed by atoms with Crippen LogP contribution in [0.1, 0.15) is 44.7 Å². The number of nitrogens with one attached hydrogen (secondary N) is 2. The fourth-order valence-electron chi connectivity index (χ4n) is 4.29. The Morgan fingerprint density at radius 1 is 0.667 bits per heavy atom. The van der Waals surface area contributed by atoms with Crippen molar-refractivity contribution in [2.75, 3.05) is 76.6 Å². The molecule has 0 heterocycles. The first-order chi connectivity index (χ1) is 19.9. The van der Waals surface area contributed by atoms with Crippen LogP contribution in [0.15, 0.2) is 48.5 Å². The van der Waals surface area contributed by atoms with Gasteiger partial charge in [-0.3, -0.25) is 9.59 Å². The second-order valence-electron chi connectivity index (χ2n) is 10.9. The monoisotopic (exact) mass is 576 g/mol. The summed E-state index contributed by atoms with van der Waals surface area (Å²) in [5.41, 5.74) is 16.2. The van der Waals surface area contributed by atoms with Gasteiger partial charge in [-0.2, -0.15) is 0 Å². The topological polar surface area (TPSA) is 135 Å². The highest BCUT2D eigenvalue weighted by Gasteiger charge is 2.18. The molecule has 3 aromatic rings. The predicted octanol–water partition coefficient (Wildman–Crippen LogP) is 4.63. The standard InChI is InChI=1S/C32H44N6O4/c1-21-17-26(32(40)36-30-20-24(10-12-28(30)34)42-16-8-14-38(5)6)22(2)18-25(21)31(39)35-29-19-23(9-11-27(29)33)41-15-7-13-37(3)4/h9-12,17-20H,7-8,13-16,33-34H2,1-6H3,(H,35,39)(H,36,40). The van der Waals surface area contributed by atoms with Crippen molar-refractivity contribution in [1.29, 1.82) is 0 Å². The van der Waals surface area contributed by atoms with Crippen LogP contribution in [-0.4, -0.2) is 76.1 Å². The van der Waals surface area contributed by atoms with Crippen molar-refractivity contribution < 1.29 is 19.1 Å². The van der Waals surface area contributed by atoms with Crippen molar-refractivity contribution >= 4 is 34.6 Å². The number of anilines is 4. The van der Waals surface area contributed by atoms with E-state index in [4.69, 9.17) is 20.9 Å². The minimum atomic E-state index is -0.331. The maximum atomic E-state index is 13.2. The lowest BCUT2D eigenvalue weighted by Crippen LogP contribution is -2.18. The zero-order valence-corrected chi connectivity index (χ0v) is 25.5. The van der Waals surface area contributed by atoms with E-state index >= 15 is 0 Å². The molecule has 0 aliphatic rings. The molecule has 0 aliphatic carbocycles. The van der Waals surface area contributed by atoms with Crippen molar-refractivity contribution in [3.8, 4) is 11.5 Å². The average molecular weight is 577 g/mol. The molecule has 0 saturated heterocycles. The molecule has 3 rings (SSSR count). The van der Waals surface area contributed by atoms with E-state index in [-0.39, 0.29) is 11.8 Å². The number of benzene rings is 3. The Labute approximate surface area is 249 Å². The molecule has 0 aliphatic heterocycles. The molecule has 0 saturated carbocycles. The third kappa shape index (κ3) is 9.39. The number of amides is 2. The van der Waals surface area contributed by atoms with E-state index in [1.54, 1.807) is 62.4 Å². The highest BCUT2D eigenvalue weighted by molar-refractivity contribution is 6.10. The molecular weight excluding hydrogens is 532 g/mol. The van der Waals surface area contributed by atoms with Crippen LogP contribution in [-0.2, 0) is 0 Å². The fraction of sp³-hybridized carbons (Fsp3) is 0.375. The van der Waals surface area contributed by atoms with Crippen LogP contribution in [0.3, 0.4) is 0 Å².